The van der Waals surface area contributed by atoms with Gasteiger partial charge in [-0.25, -0.2) is 4.98 Å². The SMILES string of the molecule is O=C(O)[C@H]1CCCN(C(=O)Cc2csc(-c3cccs3)n2)C1. The van der Waals surface area contributed by atoms with Crippen molar-refractivity contribution < 1.29 is 14.7 Å². The summed E-state index contributed by atoms with van der Waals surface area (Å²) >= 11 is 3.16. The van der Waals surface area contributed by atoms with E-state index in [1.54, 1.807) is 16.2 Å². The van der Waals surface area contributed by atoms with E-state index >= 15 is 0 Å². The van der Waals surface area contributed by atoms with Crippen LogP contribution in [0.3, 0.4) is 0 Å². The number of aromatic nitrogens is 1. The van der Waals surface area contributed by atoms with Crippen molar-refractivity contribution in [3.05, 3.63) is 28.6 Å². The van der Waals surface area contributed by atoms with Crippen molar-refractivity contribution in [2.75, 3.05) is 13.1 Å². The van der Waals surface area contributed by atoms with Crippen molar-refractivity contribution in [2.24, 2.45) is 5.92 Å². The van der Waals surface area contributed by atoms with Crippen molar-refractivity contribution in [3.63, 3.8) is 0 Å². The van der Waals surface area contributed by atoms with Crippen LogP contribution in [0.4, 0.5) is 0 Å². The van der Waals surface area contributed by atoms with Crippen LogP contribution in [0.5, 0.6) is 0 Å². The van der Waals surface area contributed by atoms with E-state index in [2.05, 4.69) is 4.98 Å². The molecular formula is C15H16N2O3S2. The van der Waals surface area contributed by atoms with E-state index in [0.29, 0.717) is 19.5 Å². The highest BCUT2D eigenvalue weighted by Crippen LogP contribution is 2.28. The number of carboxylic acids is 1. The number of thiazole rings is 1. The Morgan fingerprint density at radius 3 is 3.00 bits per heavy atom. The molecule has 3 rings (SSSR count). The number of nitrogens with zero attached hydrogens (tertiary/aromatic N) is 2. The van der Waals surface area contributed by atoms with Crippen LogP contribution in [0, 0.1) is 5.92 Å². The zero-order valence-electron chi connectivity index (χ0n) is 11.9. The second-order valence-electron chi connectivity index (χ2n) is 5.32. The molecule has 5 nitrogen and oxygen atoms in total. The smallest absolute Gasteiger partial charge is 0.308 e. The van der Waals surface area contributed by atoms with Crippen LogP contribution < -0.4 is 0 Å². The Morgan fingerprint density at radius 1 is 1.41 bits per heavy atom. The summed E-state index contributed by atoms with van der Waals surface area (Å²) in [7, 11) is 0. The molecule has 1 aliphatic rings. The number of piperidine rings is 1. The van der Waals surface area contributed by atoms with Gasteiger partial charge in [-0.2, -0.15) is 0 Å². The highest BCUT2D eigenvalue weighted by Gasteiger charge is 2.28. The summed E-state index contributed by atoms with van der Waals surface area (Å²) in [6.07, 6.45) is 1.65. The number of aliphatic carboxylic acids is 1. The molecular weight excluding hydrogens is 320 g/mol. The van der Waals surface area contributed by atoms with Gasteiger partial charge in [0.05, 0.1) is 22.9 Å². The number of rotatable bonds is 4. The van der Waals surface area contributed by atoms with Crippen molar-refractivity contribution in [1.29, 1.82) is 0 Å². The molecule has 0 bridgehead atoms. The Labute approximate surface area is 136 Å². The highest BCUT2D eigenvalue weighted by atomic mass is 32.1. The lowest BCUT2D eigenvalue weighted by Crippen LogP contribution is -2.43. The summed E-state index contributed by atoms with van der Waals surface area (Å²) in [4.78, 5) is 30.7. The van der Waals surface area contributed by atoms with Gasteiger partial charge in [0.15, 0.2) is 0 Å². The minimum Gasteiger partial charge on any atom is -0.481 e. The first-order valence-corrected chi connectivity index (χ1v) is 8.88. The summed E-state index contributed by atoms with van der Waals surface area (Å²) in [6.45, 7) is 0.959. The molecule has 1 aliphatic heterocycles. The predicted molar refractivity (Wildman–Crippen MR) is 86.1 cm³/mol. The van der Waals surface area contributed by atoms with Crippen LogP contribution in [-0.2, 0) is 16.0 Å². The third-order valence-corrected chi connectivity index (χ3v) is 5.67. The maximum atomic E-state index is 12.3. The summed E-state index contributed by atoms with van der Waals surface area (Å²) in [5, 5.41) is 13.9. The Kier molecular flexibility index (Phi) is 4.54. The minimum absolute atomic E-state index is 0.0334. The van der Waals surface area contributed by atoms with E-state index in [0.717, 1.165) is 22.0 Å². The van der Waals surface area contributed by atoms with Gasteiger partial charge in [-0.15, -0.1) is 22.7 Å². The largest absolute Gasteiger partial charge is 0.481 e. The normalized spacial score (nSPS) is 18.4. The lowest BCUT2D eigenvalue weighted by molar-refractivity contribution is -0.145. The number of amides is 1. The van der Waals surface area contributed by atoms with Crippen LogP contribution in [0.1, 0.15) is 18.5 Å². The number of carboxylic acid groups (broad SMARTS) is 1. The first kappa shape index (κ1) is 15.2. The molecule has 0 spiro atoms. The van der Waals surface area contributed by atoms with Crippen LogP contribution in [0.15, 0.2) is 22.9 Å². The van der Waals surface area contributed by atoms with Crippen LogP contribution >= 0.6 is 22.7 Å². The summed E-state index contributed by atoms with van der Waals surface area (Å²) in [5.41, 5.74) is 0.760. The molecule has 1 amide bonds. The molecule has 0 aliphatic carbocycles. The van der Waals surface area contributed by atoms with Gasteiger partial charge in [-0.05, 0) is 24.3 Å². The first-order valence-electron chi connectivity index (χ1n) is 7.12. The number of hydrogen-bond donors (Lipinski definition) is 1. The van der Waals surface area contributed by atoms with E-state index in [1.807, 2.05) is 22.9 Å². The van der Waals surface area contributed by atoms with Gasteiger partial charge in [-0.3, -0.25) is 9.59 Å². The molecule has 1 fully saturated rings. The molecule has 0 saturated carbocycles. The average Bonchev–Trinajstić information content (AvgIpc) is 3.18. The third kappa shape index (κ3) is 3.36. The van der Waals surface area contributed by atoms with Crippen molar-refractivity contribution in [2.45, 2.75) is 19.3 Å². The number of hydrogen-bond acceptors (Lipinski definition) is 5. The quantitative estimate of drug-likeness (QED) is 0.932. The molecule has 1 saturated heterocycles. The standard InChI is InChI=1S/C15H16N2O3S2/c18-13(17-5-1-3-10(8-17)15(19)20)7-11-9-22-14(16-11)12-4-2-6-21-12/h2,4,6,9-10H,1,3,5,7-8H2,(H,19,20)/t10-/m0/s1. The van der Waals surface area contributed by atoms with Crippen LogP contribution in [-0.4, -0.2) is 40.0 Å². The Morgan fingerprint density at radius 2 is 2.27 bits per heavy atom. The van der Waals surface area contributed by atoms with E-state index < -0.39 is 11.9 Å². The van der Waals surface area contributed by atoms with Gasteiger partial charge in [0.2, 0.25) is 5.91 Å². The van der Waals surface area contributed by atoms with Crippen molar-refractivity contribution in [1.82, 2.24) is 9.88 Å². The second kappa shape index (κ2) is 6.58. The molecule has 7 heteroatoms. The number of thiophene rings is 1. The third-order valence-electron chi connectivity index (χ3n) is 3.74. The molecule has 3 heterocycles. The lowest BCUT2D eigenvalue weighted by Gasteiger charge is -2.30. The van der Waals surface area contributed by atoms with Gasteiger partial charge in [0.1, 0.15) is 5.01 Å². The van der Waals surface area contributed by atoms with E-state index in [-0.39, 0.29) is 12.3 Å². The van der Waals surface area contributed by atoms with Crippen molar-refractivity contribution >= 4 is 34.6 Å². The van der Waals surface area contributed by atoms with Gasteiger partial charge in [0, 0.05) is 18.5 Å². The molecule has 0 radical (unpaired) electrons. The molecule has 2 aromatic rings. The fourth-order valence-corrected chi connectivity index (χ4v) is 4.21. The van der Waals surface area contributed by atoms with Crippen LogP contribution in [0.2, 0.25) is 0 Å². The average molecular weight is 336 g/mol. The molecule has 2 aromatic heterocycles. The maximum absolute atomic E-state index is 12.3. The second-order valence-corrected chi connectivity index (χ2v) is 7.12. The van der Waals surface area contributed by atoms with Gasteiger partial charge < -0.3 is 10.0 Å². The topological polar surface area (TPSA) is 70.5 Å². The first-order chi connectivity index (χ1) is 10.6. The van der Waals surface area contributed by atoms with Gasteiger partial charge >= 0.3 is 5.97 Å². The molecule has 1 atom stereocenters. The summed E-state index contributed by atoms with van der Waals surface area (Å²) in [5.74, 6) is -1.28. The maximum Gasteiger partial charge on any atom is 0.308 e. The van der Waals surface area contributed by atoms with E-state index in [1.165, 1.54) is 11.3 Å². The van der Waals surface area contributed by atoms with E-state index in [9.17, 15) is 9.59 Å². The number of carbonyl (C=O) groups is 2. The molecule has 1 N–H and O–H groups in total. The van der Waals surface area contributed by atoms with Gasteiger partial charge in [0.25, 0.3) is 0 Å². The number of likely N-dealkylation sites (tertiary alicyclic amines) is 1. The zero-order valence-corrected chi connectivity index (χ0v) is 13.5. The Hall–Kier alpha value is -1.73. The van der Waals surface area contributed by atoms with Crippen molar-refractivity contribution in [3.8, 4) is 9.88 Å². The Balaban J connectivity index is 1.63. The summed E-state index contributed by atoms with van der Waals surface area (Å²) < 4.78 is 0. The predicted octanol–water partition coefficient (Wildman–Crippen LogP) is 2.74. The zero-order chi connectivity index (χ0) is 15.5. The molecule has 0 aromatic carbocycles. The van der Waals surface area contributed by atoms with Crippen LogP contribution in [0.25, 0.3) is 9.88 Å². The monoisotopic (exact) mass is 336 g/mol. The molecule has 22 heavy (non-hydrogen) atoms. The molecule has 116 valence electrons. The lowest BCUT2D eigenvalue weighted by atomic mass is 9.98. The molecule has 0 unspecified atom stereocenters. The Bertz CT molecular complexity index is 666. The summed E-state index contributed by atoms with van der Waals surface area (Å²) in [6, 6.07) is 3.99. The van der Waals surface area contributed by atoms with Gasteiger partial charge in [-0.1, -0.05) is 6.07 Å². The highest BCUT2D eigenvalue weighted by molar-refractivity contribution is 7.20. The minimum atomic E-state index is -0.814. The fourth-order valence-electron chi connectivity index (χ4n) is 2.57. The number of carbonyl (C=O) groups excluding carboxylic acids is 1. The fraction of sp³-hybridized carbons (Fsp3) is 0.400. The van der Waals surface area contributed by atoms with E-state index in [4.69, 9.17) is 5.11 Å².